The number of benzene rings is 1. The van der Waals surface area contributed by atoms with Crippen LogP contribution in [0.25, 0.3) is 11.8 Å². The Kier molecular flexibility index (Phi) is 8.31. The summed E-state index contributed by atoms with van der Waals surface area (Å²) in [5, 5.41) is 0. The number of esters is 1. The molecule has 1 aliphatic rings. The van der Waals surface area contributed by atoms with Crippen LogP contribution in [0.15, 0.2) is 36.4 Å². The van der Waals surface area contributed by atoms with E-state index in [1.807, 2.05) is 13.8 Å². The molecule has 1 aliphatic heterocycles. The number of carbonyl (C=O) groups excluding carboxylic acids is 3. The Hall–Kier alpha value is -3.35. The lowest BCUT2D eigenvalue weighted by molar-refractivity contribution is -0.151. The van der Waals surface area contributed by atoms with Gasteiger partial charge in [0.05, 0.1) is 19.1 Å². The van der Waals surface area contributed by atoms with Crippen molar-refractivity contribution in [3.8, 4) is 5.69 Å². The maximum atomic E-state index is 12.7. The van der Waals surface area contributed by atoms with Crippen molar-refractivity contribution < 1.29 is 19.1 Å². The third-order valence-electron chi connectivity index (χ3n) is 6.38. The van der Waals surface area contributed by atoms with Gasteiger partial charge in [-0.2, -0.15) is 0 Å². The summed E-state index contributed by atoms with van der Waals surface area (Å²) in [4.78, 5) is 40.3. The average Bonchev–Trinajstić information content (AvgIpc) is 3.11. The van der Waals surface area contributed by atoms with Gasteiger partial charge in [0.25, 0.3) is 0 Å². The van der Waals surface area contributed by atoms with E-state index in [9.17, 15) is 14.4 Å². The lowest BCUT2D eigenvalue weighted by Crippen LogP contribution is -2.45. The summed E-state index contributed by atoms with van der Waals surface area (Å²) in [6, 6.07) is 10.4. The normalized spacial score (nSPS) is 14.4. The molecular weight excluding hydrogens is 430 g/mol. The molecule has 34 heavy (non-hydrogen) atoms. The van der Waals surface area contributed by atoms with Gasteiger partial charge in [0.1, 0.15) is 0 Å². The molecule has 1 aromatic carbocycles. The zero-order valence-electron chi connectivity index (χ0n) is 20.8. The van der Waals surface area contributed by atoms with Crippen molar-refractivity contribution >= 4 is 23.9 Å². The second-order valence-corrected chi connectivity index (χ2v) is 8.93. The fraction of sp³-hybridized carbons (Fsp3) is 0.444. The summed E-state index contributed by atoms with van der Waals surface area (Å²) in [6.07, 6.45) is 4.51. The van der Waals surface area contributed by atoms with E-state index in [0.29, 0.717) is 32.5 Å². The summed E-state index contributed by atoms with van der Waals surface area (Å²) in [7, 11) is 1.63. The maximum absolute atomic E-state index is 12.7. The molecule has 0 unspecified atom stereocenters. The van der Waals surface area contributed by atoms with Crippen LogP contribution in [-0.4, -0.2) is 65.4 Å². The molecule has 2 amide bonds. The topological polar surface area (TPSA) is 71.8 Å². The SMILES string of the molecule is CCOC(=O)C1CCN(C(=O)CN(C)C(=O)C=Cc2cc(C)n(-c3ccc(C)cc3)c2C)CC1. The van der Waals surface area contributed by atoms with Crippen molar-refractivity contribution in [2.75, 3.05) is 33.3 Å². The quantitative estimate of drug-likeness (QED) is 0.462. The van der Waals surface area contributed by atoms with E-state index >= 15 is 0 Å². The van der Waals surface area contributed by atoms with Crippen molar-refractivity contribution in [2.24, 2.45) is 5.92 Å². The lowest BCUT2D eigenvalue weighted by atomic mass is 9.97. The largest absolute Gasteiger partial charge is 0.466 e. The van der Waals surface area contributed by atoms with Crippen molar-refractivity contribution in [1.29, 1.82) is 0 Å². The summed E-state index contributed by atoms with van der Waals surface area (Å²) in [5.41, 5.74) is 5.39. The smallest absolute Gasteiger partial charge is 0.309 e. The number of carbonyl (C=O) groups is 3. The van der Waals surface area contributed by atoms with Gasteiger partial charge < -0.3 is 19.1 Å². The molecular formula is C27H35N3O4. The number of nitrogens with zero attached hydrogens (tertiary/aromatic N) is 3. The van der Waals surface area contributed by atoms with Gasteiger partial charge in [0.15, 0.2) is 0 Å². The standard InChI is InChI=1S/C27H35N3O4/c1-6-34-27(33)22-13-15-29(16-14-22)26(32)18-28(5)25(31)12-9-23-17-20(3)30(21(23)4)24-10-7-19(2)8-11-24/h7-12,17,22H,6,13-16,18H2,1-5H3. The molecule has 182 valence electrons. The van der Waals surface area contributed by atoms with E-state index in [0.717, 1.165) is 22.6 Å². The van der Waals surface area contributed by atoms with E-state index < -0.39 is 0 Å². The molecule has 7 heteroatoms. The fourth-order valence-electron chi connectivity index (χ4n) is 4.34. The molecule has 0 bridgehead atoms. The molecule has 0 N–H and O–H groups in total. The highest BCUT2D eigenvalue weighted by molar-refractivity contribution is 5.94. The molecule has 1 aromatic heterocycles. The summed E-state index contributed by atoms with van der Waals surface area (Å²) >= 11 is 0. The maximum Gasteiger partial charge on any atom is 0.309 e. The zero-order valence-corrected chi connectivity index (χ0v) is 20.8. The molecule has 1 saturated heterocycles. The van der Waals surface area contributed by atoms with Crippen LogP contribution in [-0.2, 0) is 19.1 Å². The number of likely N-dealkylation sites (tertiary alicyclic amines) is 1. The van der Waals surface area contributed by atoms with Crippen LogP contribution in [0, 0.1) is 26.7 Å². The molecule has 2 heterocycles. The Morgan fingerprint density at radius 1 is 1.09 bits per heavy atom. The predicted octanol–water partition coefficient (Wildman–Crippen LogP) is 3.68. The number of hydrogen-bond donors (Lipinski definition) is 0. The third-order valence-corrected chi connectivity index (χ3v) is 6.38. The molecule has 0 atom stereocenters. The van der Waals surface area contributed by atoms with Crippen LogP contribution >= 0.6 is 0 Å². The monoisotopic (exact) mass is 465 g/mol. The predicted molar refractivity (Wildman–Crippen MR) is 133 cm³/mol. The van der Waals surface area contributed by atoms with Gasteiger partial charge in [0.2, 0.25) is 11.8 Å². The first kappa shape index (κ1) is 25.3. The van der Waals surface area contributed by atoms with Crippen molar-refractivity contribution in [1.82, 2.24) is 14.4 Å². The van der Waals surface area contributed by atoms with Gasteiger partial charge in [-0.25, -0.2) is 0 Å². The van der Waals surface area contributed by atoms with Crippen LogP contribution in [0.5, 0.6) is 0 Å². The highest BCUT2D eigenvalue weighted by Crippen LogP contribution is 2.22. The van der Waals surface area contributed by atoms with E-state index in [1.165, 1.54) is 16.5 Å². The lowest BCUT2D eigenvalue weighted by Gasteiger charge is -2.32. The Morgan fingerprint density at radius 2 is 1.74 bits per heavy atom. The number of hydrogen-bond acceptors (Lipinski definition) is 4. The van der Waals surface area contributed by atoms with Gasteiger partial charge in [-0.15, -0.1) is 0 Å². The van der Waals surface area contributed by atoms with Gasteiger partial charge in [-0.05, 0) is 70.4 Å². The highest BCUT2D eigenvalue weighted by Gasteiger charge is 2.28. The molecule has 1 fully saturated rings. The zero-order chi connectivity index (χ0) is 24.8. The molecule has 0 aliphatic carbocycles. The summed E-state index contributed by atoms with van der Waals surface area (Å²) in [6.45, 7) is 9.32. The molecule has 0 spiro atoms. The van der Waals surface area contributed by atoms with E-state index in [2.05, 4.69) is 41.8 Å². The van der Waals surface area contributed by atoms with Crippen molar-refractivity contribution in [3.63, 3.8) is 0 Å². The van der Waals surface area contributed by atoms with Gasteiger partial charge in [0, 0.05) is 43.3 Å². The van der Waals surface area contributed by atoms with E-state index in [4.69, 9.17) is 4.74 Å². The average molecular weight is 466 g/mol. The van der Waals surface area contributed by atoms with E-state index in [-0.39, 0.29) is 30.2 Å². The van der Waals surface area contributed by atoms with Crippen molar-refractivity contribution in [3.05, 3.63) is 58.9 Å². The first-order valence-electron chi connectivity index (χ1n) is 11.8. The minimum atomic E-state index is -0.227. The number of ether oxygens (including phenoxy) is 1. The third kappa shape index (κ3) is 5.95. The second-order valence-electron chi connectivity index (χ2n) is 8.93. The number of aromatic nitrogens is 1. The first-order valence-corrected chi connectivity index (χ1v) is 11.8. The molecule has 0 radical (unpaired) electrons. The van der Waals surface area contributed by atoms with E-state index in [1.54, 1.807) is 24.9 Å². The fourth-order valence-corrected chi connectivity index (χ4v) is 4.34. The Morgan fingerprint density at radius 3 is 2.35 bits per heavy atom. The van der Waals surface area contributed by atoms with Crippen LogP contribution in [0.3, 0.4) is 0 Å². The number of aryl methyl sites for hydroxylation is 2. The molecule has 2 aromatic rings. The second kappa shape index (κ2) is 11.2. The molecule has 7 nitrogen and oxygen atoms in total. The summed E-state index contributed by atoms with van der Waals surface area (Å²) < 4.78 is 7.24. The van der Waals surface area contributed by atoms with Crippen LogP contribution in [0.4, 0.5) is 0 Å². The molecule has 3 rings (SSSR count). The van der Waals surface area contributed by atoms with Crippen LogP contribution in [0.2, 0.25) is 0 Å². The summed E-state index contributed by atoms with van der Waals surface area (Å²) in [5.74, 6) is -0.669. The van der Waals surface area contributed by atoms with Gasteiger partial charge in [-0.1, -0.05) is 17.7 Å². The van der Waals surface area contributed by atoms with Gasteiger partial charge >= 0.3 is 5.97 Å². The minimum Gasteiger partial charge on any atom is -0.466 e. The van der Waals surface area contributed by atoms with Gasteiger partial charge in [-0.3, -0.25) is 14.4 Å². The number of amides is 2. The first-order chi connectivity index (χ1) is 16.2. The Labute approximate surface area is 202 Å². The number of rotatable bonds is 7. The Bertz CT molecular complexity index is 1060. The molecule has 0 saturated carbocycles. The highest BCUT2D eigenvalue weighted by atomic mass is 16.5. The number of piperidine rings is 1. The number of likely N-dealkylation sites (N-methyl/N-ethyl adjacent to an activating group) is 1. The van der Waals surface area contributed by atoms with Crippen LogP contribution in [0.1, 0.15) is 42.3 Å². The van der Waals surface area contributed by atoms with Crippen molar-refractivity contribution in [2.45, 2.75) is 40.5 Å². The van der Waals surface area contributed by atoms with Crippen LogP contribution < -0.4 is 0 Å². The minimum absolute atomic E-state index is 0.00956. The Balaban J connectivity index is 1.57.